The molecule has 6 atom stereocenters. The largest absolute Gasteiger partial charge is 0.497 e. The van der Waals surface area contributed by atoms with Gasteiger partial charge in [0.2, 0.25) is 0 Å². The van der Waals surface area contributed by atoms with Gasteiger partial charge in [-0.3, -0.25) is 0 Å². The summed E-state index contributed by atoms with van der Waals surface area (Å²) in [6.07, 6.45) is 5.58. The maximum Gasteiger partial charge on any atom is 0.330 e. The third kappa shape index (κ3) is 12.4. The Morgan fingerprint density at radius 1 is 0.889 bits per heavy atom. The second-order valence-corrected chi connectivity index (χ2v) is 23.8. The molecule has 6 nitrogen and oxygen atoms in total. The van der Waals surface area contributed by atoms with Gasteiger partial charge in [-0.15, -0.1) is 0 Å². The third-order valence-corrected chi connectivity index (χ3v) is 19.3. The average Bonchev–Trinajstić information content (AvgIpc) is 3.01. The number of carbonyl (C=O) groups excluding carboxylic acids is 1. The fourth-order valence-corrected chi connectivity index (χ4v) is 9.81. The quantitative estimate of drug-likeness (QED) is 0.0636. The fraction of sp³-hybridized carbons (Fsp3) is 0.703. The van der Waals surface area contributed by atoms with Crippen molar-refractivity contribution in [1.29, 1.82) is 0 Å². The zero-order valence-electron chi connectivity index (χ0n) is 31.3. The number of esters is 1. The molecule has 0 radical (unpaired) electrons. The summed E-state index contributed by atoms with van der Waals surface area (Å²) < 4.78 is 31.1. The van der Waals surface area contributed by atoms with Crippen LogP contribution in [0.15, 0.2) is 48.1 Å². The molecule has 0 heterocycles. The first kappa shape index (κ1) is 41.3. The normalized spacial score (nSPS) is 17.4. The number of methoxy groups -OCH3 is 2. The van der Waals surface area contributed by atoms with Gasteiger partial charge in [0.1, 0.15) is 5.75 Å². The first-order chi connectivity index (χ1) is 20.9. The van der Waals surface area contributed by atoms with E-state index in [9.17, 15) is 4.79 Å². The predicted octanol–water partition coefficient (Wildman–Crippen LogP) is 9.96. The zero-order chi connectivity index (χ0) is 34.6. The van der Waals surface area contributed by atoms with Gasteiger partial charge in [0.15, 0.2) is 16.6 Å². The van der Waals surface area contributed by atoms with E-state index in [-0.39, 0.29) is 47.1 Å². The smallest absolute Gasteiger partial charge is 0.330 e. The minimum atomic E-state index is -2.16. The van der Waals surface area contributed by atoms with Crippen molar-refractivity contribution < 1.29 is 27.9 Å². The fourth-order valence-electron chi connectivity index (χ4n) is 5.42. The molecule has 0 N–H and O–H groups in total. The minimum absolute atomic E-state index is 0.00174. The summed E-state index contributed by atoms with van der Waals surface area (Å²) in [5, 5.41) is 0.0488. The maximum absolute atomic E-state index is 12.1. The summed E-state index contributed by atoms with van der Waals surface area (Å²) in [6.45, 7) is 29.8. The summed E-state index contributed by atoms with van der Waals surface area (Å²) in [5.74, 6) is 0.716. The van der Waals surface area contributed by atoms with E-state index < -0.39 is 16.6 Å². The van der Waals surface area contributed by atoms with Crippen molar-refractivity contribution in [2.24, 2.45) is 17.8 Å². The molecular formula is C37H66O6Si2. The van der Waals surface area contributed by atoms with Crippen molar-refractivity contribution in [3.8, 4) is 5.75 Å². The van der Waals surface area contributed by atoms with Crippen LogP contribution in [-0.2, 0) is 29.7 Å². The van der Waals surface area contributed by atoms with Crippen LogP contribution in [0, 0.1) is 17.8 Å². The zero-order valence-corrected chi connectivity index (χ0v) is 33.3. The van der Waals surface area contributed by atoms with Gasteiger partial charge in [0.05, 0.1) is 39.1 Å². The molecule has 0 fully saturated rings. The van der Waals surface area contributed by atoms with E-state index in [0.717, 1.165) is 29.4 Å². The van der Waals surface area contributed by atoms with Crippen molar-refractivity contribution in [3.05, 3.63) is 53.6 Å². The van der Waals surface area contributed by atoms with Crippen LogP contribution in [0.3, 0.4) is 0 Å². The van der Waals surface area contributed by atoms with Crippen LogP contribution in [-0.4, -0.2) is 55.1 Å². The van der Waals surface area contributed by atoms with Crippen molar-refractivity contribution in [1.82, 2.24) is 0 Å². The molecule has 1 aromatic carbocycles. The molecule has 0 saturated heterocycles. The predicted molar refractivity (Wildman–Crippen MR) is 194 cm³/mol. The highest BCUT2D eigenvalue weighted by molar-refractivity contribution is 6.74. The summed E-state index contributed by atoms with van der Waals surface area (Å²) in [6, 6.07) is 11.2. The van der Waals surface area contributed by atoms with E-state index in [0.29, 0.717) is 6.61 Å². The molecule has 0 spiro atoms. The Morgan fingerprint density at radius 2 is 1.44 bits per heavy atom. The van der Waals surface area contributed by atoms with E-state index in [1.807, 2.05) is 30.3 Å². The van der Waals surface area contributed by atoms with Crippen LogP contribution in [0.4, 0.5) is 0 Å². The summed E-state index contributed by atoms with van der Waals surface area (Å²) in [5.41, 5.74) is 2.32. The number of hydrogen-bond acceptors (Lipinski definition) is 6. The molecule has 0 aliphatic rings. The van der Waals surface area contributed by atoms with Crippen molar-refractivity contribution in [2.75, 3.05) is 14.2 Å². The summed E-state index contributed by atoms with van der Waals surface area (Å²) >= 11 is 0. The van der Waals surface area contributed by atoms with Gasteiger partial charge in [-0.25, -0.2) is 4.79 Å². The highest BCUT2D eigenvalue weighted by Crippen LogP contribution is 2.41. The SMILES string of the molecule is CC[Si](CC)(CC)O[C@@H]([C@H](C)[C@@H](O[Si](C)(C)C(C)(C)C)/C(C)=C/[C@H](C)[C@H](C)OCc1ccc(OC)cc1)[C@@H](C)/C=C/C(=O)OC. The number of rotatable bonds is 19. The Labute approximate surface area is 278 Å². The third-order valence-electron chi connectivity index (χ3n) is 10.2. The van der Waals surface area contributed by atoms with E-state index >= 15 is 0 Å². The maximum atomic E-state index is 12.1. The standard InChI is InChI=1S/C37H66O6Si2/c1-16-45(17-2,18-3)43-35(27(4)19-24-34(38)40-13)30(7)36(42-44(14,15)37(9,10)11)29(6)25-28(5)31(8)41-26-32-20-22-33(39-12)23-21-32/h19-25,27-28,30-31,35-36H,16-18,26H2,1-15H3/b24-19+,29-25+/t27-,28-,30-,31-,35+,36-/m0/s1. The minimum Gasteiger partial charge on any atom is -0.497 e. The lowest BCUT2D eigenvalue weighted by atomic mass is 9.85. The number of ether oxygens (including phenoxy) is 3. The van der Waals surface area contributed by atoms with E-state index in [1.54, 1.807) is 7.11 Å². The molecular weight excluding hydrogens is 597 g/mol. The highest BCUT2D eigenvalue weighted by atomic mass is 28.4. The molecule has 0 amide bonds. The molecule has 1 aromatic rings. The van der Waals surface area contributed by atoms with Crippen molar-refractivity contribution in [2.45, 2.75) is 137 Å². The summed E-state index contributed by atoms with van der Waals surface area (Å²) in [4.78, 5) is 12.1. The van der Waals surface area contributed by atoms with Crippen LogP contribution in [0.25, 0.3) is 0 Å². The lowest BCUT2D eigenvalue weighted by Crippen LogP contribution is -2.51. The van der Waals surface area contributed by atoms with Crippen molar-refractivity contribution >= 4 is 22.6 Å². The average molecular weight is 663 g/mol. The monoisotopic (exact) mass is 662 g/mol. The number of benzene rings is 1. The Kier molecular flexibility index (Phi) is 17.1. The first-order valence-electron chi connectivity index (χ1n) is 16.9. The van der Waals surface area contributed by atoms with Crippen LogP contribution < -0.4 is 4.74 Å². The van der Waals surface area contributed by atoms with Gasteiger partial charge in [0, 0.05) is 17.9 Å². The van der Waals surface area contributed by atoms with Crippen LogP contribution >= 0.6 is 0 Å². The van der Waals surface area contributed by atoms with E-state index in [4.69, 9.17) is 23.1 Å². The molecule has 0 aromatic heterocycles. The number of hydrogen-bond donors (Lipinski definition) is 0. The van der Waals surface area contributed by atoms with Gasteiger partial charge in [0.25, 0.3) is 0 Å². The van der Waals surface area contributed by atoms with Crippen LogP contribution in [0.2, 0.25) is 36.3 Å². The molecule has 0 aliphatic carbocycles. The topological polar surface area (TPSA) is 63.2 Å². The van der Waals surface area contributed by atoms with Gasteiger partial charge < -0.3 is 23.1 Å². The molecule has 8 heteroatoms. The molecule has 45 heavy (non-hydrogen) atoms. The lowest BCUT2D eigenvalue weighted by molar-refractivity contribution is -0.134. The molecule has 0 saturated carbocycles. The van der Waals surface area contributed by atoms with E-state index in [1.165, 1.54) is 18.8 Å². The second-order valence-electron chi connectivity index (χ2n) is 14.4. The Balaban J connectivity index is 3.50. The number of carbonyl (C=O) groups is 1. The van der Waals surface area contributed by atoms with Gasteiger partial charge in [-0.05, 0) is 79.3 Å². The Morgan fingerprint density at radius 3 is 1.91 bits per heavy atom. The lowest BCUT2D eigenvalue weighted by Gasteiger charge is -2.45. The van der Waals surface area contributed by atoms with Crippen LogP contribution in [0.1, 0.15) is 81.7 Å². The molecule has 258 valence electrons. The summed E-state index contributed by atoms with van der Waals surface area (Å²) in [7, 11) is -1.06. The second kappa shape index (κ2) is 18.6. The van der Waals surface area contributed by atoms with Crippen molar-refractivity contribution in [3.63, 3.8) is 0 Å². The Hall–Kier alpha value is -1.72. The molecule has 1 rings (SSSR count). The molecule has 0 unspecified atom stereocenters. The molecule has 0 aliphatic heterocycles. The van der Waals surface area contributed by atoms with Gasteiger partial charge in [-0.2, -0.15) is 0 Å². The Bertz CT molecular complexity index is 1060. The van der Waals surface area contributed by atoms with Gasteiger partial charge >= 0.3 is 5.97 Å². The van der Waals surface area contributed by atoms with E-state index in [2.05, 4.69) is 95.3 Å². The highest BCUT2D eigenvalue weighted by Gasteiger charge is 2.44. The van der Waals surface area contributed by atoms with Gasteiger partial charge in [-0.1, -0.05) is 86.6 Å². The molecule has 0 bridgehead atoms. The first-order valence-corrected chi connectivity index (χ1v) is 22.4. The van der Waals surface area contributed by atoms with Crippen LogP contribution in [0.5, 0.6) is 5.75 Å².